The van der Waals surface area contributed by atoms with E-state index in [0.29, 0.717) is 36.1 Å². The molecule has 9 nitrogen and oxygen atoms in total. The first-order valence-corrected chi connectivity index (χ1v) is 11.9. The van der Waals surface area contributed by atoms with Crippen LogP contribution >= 0.6 is 0 Å². The first-order chi connectivity index (χ1) is 17.0. The number of amides is 2. The summed E-state index contributed by atoms with van der Waals surface area (Å²) in [5.74, 6) is 0.168. The third kappa shape index (κ3) is 7.91. The molecule has 0 aliphatic carbocycles. The summed E-state index contributed by atoms with van der Waals surface area (Å²) in [6, 6.07) is 11.4. The Bertz CT molecular complexity index is 1000. The first-order valence-electron chi connectivity index (χ1n) is 11.9. The van der Waals surface area contributed by atoms with Gasteiger partial charge in [0.25, 0.3) is 11.8 Å². The van der Waals surface area contributed by atoms with Crippen molar-refractivity contribution < 1.29 is 33.3 Å². The van der Waals surface area contributed by atoms with Crippen molar-refractivity contribution in [2.75, 3.05) is 44.8 Å². The van der Waals surface area contributed by atoms with Gasteiger partial charge in [0.2, 0.25) is 0 Å². The molecule has 188 valence electrons. The Hall–Kier alpha value is -3.75. The van der Waals surface area contributed by atoms with Crippen molar-refractivity contribution in [1.82, 2.24) is 4.90 Å². The highest BCUT2D eigenvalue weighted by atomic mass is 16.5. The number of hydrogen-bond acceptors (Lipinski definition) is 7. The third-order valence-corrected chi connectivity index (χ3v) is 5.32. The lowest BCUT2D eigenvalue weighted by atomic mass is 10.1. The van der Waals surface area contributed by atoms with Crippen molar-refractivity contribution >= 4 is 23.5 Å². The Morgan fingerprint density at radius 1 is 0.829 bits per heavy atom. The van der Waals surface area contributed by atoms with E-state index in [-0.39, 0.29) is 18.1 Å². The number of piperidine rings is 1. The lowest BCUT2D eigenvalue weighted by Crippen LogP contribution is -2.38. The molecular formula is C26H32N2O7. The van der Waals surface area contributed by atoms with Gasteiger partial charge in [0, 0.05) is 18.8 Å². The summed E-state index contributed by atoms with van der Waals surface area (Å²) in [5.41, 5.74) is 0.769. The van der Waals surface area contributed by atoms with Crippen LogP contribution in [0.2, 0.25) is 0 Å². The van der Waals surface area contributed by atoms with E-state index in [4.69, 9.17) is 18.9 Å². The topological polar surface area (TPSA) is 103 Å². The highest BCUT2D eigenvalue weighted by Crippen LogP contribution is 2.29. The van der Waals surface area contributed by atoms with Gasteiger partial charge in [0.05, 0.1) is 18.8 Å². The van der Waals surface area contributed by atoms with Crippen molar-refractivity contribution in [1.29, 1.82) is 0 Å². The molecule has 0 spiro atoms. The van der Waals surface area contributed by atoms with Crippen LogP contribution in [0.15, 0.2) is 42.5 Å². The Morgan fingerprint density at radius 3 is 2.23 bits per heavy atom. The number of carbonyl (C=O) groups is 3. The fraction of sp³-hybridized carbons (Fsp3) is 0.423. The average molecular weight is 485 g/mol. The molecule has 0 bridgehead atoms. The van der Waals surface area contributed by atoms with Gasteiger partial charge in [-0.3, -0.25) is 9.59 Å². The number of nitrogens with one attached hydrogen (secondary N) is 1. The molecule has 9 heteroatoms. The maximum atomic E-state index is 12.5. The summed E-state index contributed by atoms with van der Waals surface area (Å²) in [4.78, 5) is 38.8. The largest absolute Gasteiger partial charge is 0.494 e. The van der Waals surface area contributed by atoms with Crippen LogP contribution in [-0.2, 0) is 14.3 Å². The van der Waals surface area contributed by atoms with Gasteiger partial charge in [-0.2, -0.15) is 0 Å². The summed E-state index contributed by atoms with van der Waals surface area (Å²) < 4.78 is 21.8. The fourth-order valence-electron chi connectivity index (χ4n) is 3.61. The zero-order chi connectivity index (χ0) is 25.0. The van der Waals surface area contributed by atoms with Crippen molar-refractivity contribution in [3.8, 4) is 17.2 Å². The summed E-state index contributed by atoms with van der Waals surface area (Å²) in [5, 5.41) is 2.66. The minimum Gasteiger partial charge on any atom is -0.494 e. The molecule has 35 heavy (non-hydrogen) atoms. The fourth-order valence-corrected chi connectivity index (χ4v) is 3.61. The van der Waals surface area contributed by atoms with Crippen LogP contribution in [0.5, 0.6) is 17.2 Å². The van der Waals surface area contributed by atoms with E-state index >= 15 is 0 Å². The molecule has 1 N–H and O–H groups in total. The van der Waals surface area contributed by atoms with Crippen molar-refractivity contribution in [3.63, 3.8) is 0 Å². The Kier molecular flexibility index (Phi) is 9.77. The number of nitrogens with zero attached hydrogens (tertiary/aromatic N) is 1. The van der Waals surface area contributed by atoms with Crippen molar-refractivity contribution in [3.05, 3.63) is 48.0 Å². The number of benzene rings is 2. The van der Waals surface area contributed by atoms with E-state index in [1.54, 1.807) is 42.2 Å². The maximum Gasteiger partial charge on any atom is 0.338 e. The molecule has 2 aromatic carbocycles. The normalized spacial score (nSPS) is 13.0. The minimum absolute atomic E-state index is 0.0748. The number of ether oxygens (including phenoxy) is 4. The molecule has 0 radical (unpaired) electrons. The molecule has 1 fully saturated rings. The SMILES string of the molecule is CCOc1ccc(NC(=O)COC(=O)c2ccc(OCC(=O)N3CCCCC3)c(OCC)c2)cc1. The summed E-state index contributed by atoms with van der Waals surface area (Å²) in [6.45, 7) is 5.54. The molecule has 1 heterocycles. The van der Waals surface area contributed by atoms with E-state index in [1.165, 1.54) is 12.1 Å². The highest BCUT2D eigenvalue weighted by molar-refractivity contribution is 5.95. The van der Waals surface area contributed by atoms with Crippen molar-refractivity contribution in [2.24, 2.45) is 0 Å². The zero-order valence-corrected chi connectivity index (χ0v) is 20.2. The summed E-state index contributed by atoms with van der Waals surface area (Å²) >= 11 is 0. The van der Waals surface area contributed by atoms with Gasteiger partial charge in [-0.05, 0) is 75.6 Å². The quantitative estimate of drug-likeness (QED) is 0.486. The van der Waals surface area contributed by atoms with Crippen LogP contribution in [0.1, 0.15) is 43.5 Å². The van der Waals surface area contributed by atoms with Gasteiger partial charge in [-0.25, -0.2) is 4.79 Å². The van der Waals surface area contributed by atoms with Crippen LogP contribution in [0.25, 0.3) is 0 Å². The number of anilines is 1. The molecular weight excluding hydrogens is 452 g/mol. The van der Waals surface area contributed by atoms with Crippen LogP contribution in [0.4, 0.5) is 5.69 Å². The van der Waals surface area contributed by atoms with Gasteiger partial charge >= 0.3 is 5.97 Å². The van der Waals surface area contributed by atoms with Gasteiger partial charge in [0.1, 0.15) is 5.75 Å². The molecule has 1 aliphatic heterocycles. The Labute approximate surface area is 205 Å². The smallest absolute Gasteiger partial charge is 0.338 e. The van der Waals surface area contributed by atoms with Gasteiger partial charge < -0.3 is 29.2 Å². The van der Waals surface area contributed by atoms with Crippen LogP contribution in [0.3, 0.4) is 0 Å². The summed E-state index contributed by atoms with van der Waals surface area (Å²) in [6.07, 6.45) is 3.15. The maximum absolute atomic E-state index is 12.5. The third-order valence-electron chi connectivity index (χ3n) is 5.32. The molecule has 1 saturated heterocycles. The predicted molar refractivity (Wildman–Crippen MR) is 130 cm³/mol. The first kappa shape index (κ1) is 25.9. The lowest BCUT2D eigenvalue weighted by molar-refractivity contribution is -0.134. The van der Waals surface area contributed by atoms with Gasteiger partial charge in [0.15, 0.2) is 24.7 Å². The van der Waals surface area contributed by atoms with E-state index in [1.807, 2.05) is 6.92 Å². The molecule has 0 atom stereocenters. The second-order valence-electron chi connectivity index (χ2n) is 7.91. The number of carbonyl (C=O) groups excluding carboxylic acids is 3. The monoisotopic (exact) mass is 484 g/mol. The van der Waals surface area contributed by atoms with Crippen LogP contribution in [0, 0.1) is 0 Å². The van der Waals surface area contributed by atoms with E-state index in [9.17, 15) is 14.4 Å². The number of rotatable bonds is 11. The van der Waals surface area contributed by atoms with Crippen LogP contribution < -0.4 is 19.5 Å². The van der Waals surface area contributed by atoms with Crippen molar-refractivity contribution in [2.45, 2.75) is 33.1 Å². The number of hydrogen-bond donors (Lipinski definition) is 1. The molecule has 2 aromatic rings. The predicted octanol–water partition coefficient (Wildman–Crippen LogP) is 3.67. The second kappa shape index (κ2) is 13.2. The van der Waals surface area contributed by atoms with E-state index in [2.05, 4.69) is 5.32 Å². The molecule has 0 aromatic heterocycles. The molecule has 3 rings (SSSR count). The molecule has 1 aliphatic rings. The van der Waals surface area contributed by atoms with Gasteiger partial charge in [-0.1, -0.05) is 0 Å². The Morgan fingerprint density at radius 2 is 1.54 bits per heavy atom. The standard InChI is InChI=1S/C26H32N2O7/c1-3-32-21-11-9-20(10-12-21)27-24(29)17-35-26(31)19-8-13-22(23(16-19)33-4-2)34-18-25(30)28-14-6-5-7-15-28/h8-13,16H,3-7,14-15,17-18H2,1-2H3,(H,27,29). The Balaban J connectivity index is 1.53. The van der Waals surface area contributed by atoms with Gasteiger partial charge in [-0.15, -0.1) is 0 Å². The van der Waals surface area contributed by atoms with Crippen LogP contribution in [-0.4, -0.2) is 62.2 Å². The molecule has 0 unspecified atom stereocenters. The minimum atomic E-state index is -0.677. The highest BCUT2D eigenvalue weighted by Gasteiger charge is 2.19. The van der Waals surface area contributed by atoms with E-state index < -0.39 is 18.5 Å². The number of likely N-dealkylation sites (tertiary alicyclic amines) is 1. The number of esters is 1. The second-order valence-corrected chi connectivity index (χ2v) is 7.91. The van der Waals surface area contributed by atoms with E-state index in [0.717, 1.165) is 32.4 Å². The average Bonchev–Trinajstić information content (AvgIpc) is 2.88. The lowest BCUT2D eigenvalue weighted by Gasteiger charge is -2.26. The summed E-state index contributed by atoms with van der Waals surface area (Å²) in [7, 11) is 0. The zero-order valence-electron chi connectivity index (χ0n) is 20.2. The molecule has 2 amide bonds. The molecule has 0 saturated carbocycles.